The van der Waals surface area contributed by atoms with Crippen molar-refractivity contribution in [2.75, 3.05) is 13.0 Å². The van der Waals surface area contributed by atoms with Crippen LogP contribution in [0.2, 0.25) is 0 Å². The second kappa shape index (κ2) is 3.28. The first-order valence-corrected chi connectivity index (χ1v) is 4.35. The van der Waals surface area contributed by atoms with E-state index in [1.807, 2.05) is 13.8 Å². The summed E-state index contributed by atoms with van der Waals surface area (Å²) in [5.74, 6) is 0.406. The van der Waals surface area contributed by atoms with Crippen LogP contribution in [0.25, 0.3) is 0 Å². The maximum Gasteiger partial charge on any atom is 0.492 e. The second-order valence-electron chi connectivity index (χ2n) is 3.71. The van der Waals surface area contributed by atoms with E-state index in [1.54, 1.807) is 0 Å². The van der Waals surface area contributed by atoms with Crippen LogP contribution in [0.4, 0.5) is 12.9 Å². The molecule has 0 radical (unpaired) electrons. The van der Waals surface area contributed by atoms with Crippen molar-refractivity contribution < 1.29 is 12.9 Å². The van der Waals surface area contributed by atoms with Gasteiger partial charge in [0.25, 0.3) is 0 Å². The van der Waals surface area contributed by atoms with E-state index in [0.717, 1.165) is 6.42 Å². The molecule has 0 aromatic carbocycles. The van der Waals surface area contributed by atoms with E-state index in [9.17, 15) is 12.9 Å². The van der Waals surface area contributed by atoms with Gasteiger partial charge in [0.1, 0.15) is 0 Å². The van der Waals surface area contributed by atoms with Crippen LogP contribution in [0.1, 0.15) is 20.3 Å². The predicted octanol–water partition coefficient (Wildman–Crippen LogP) is 2.10. The summed E-state index contributed by atoms with van der Waals surface area (Å²) in [6.07, 6.45) is 0.207. The Hall–Kier alpha value is -0.185. The molecule has 0 spiro atoms. The fourth-order valence-corrected chi connectivity index (χ4v) is 1.70. The zero-order chi connectivity index (χ0) is 9.35. The van der Waals surface area contributed by atoms with Gasteiger partial charge in [0.05, 0.1) is 0 Å². The zero-order valence-corrected chi connectivity index (χ0v) is 7.43. The van der Waals surface area contributed by atoms with Crippen LogP contribution in [-0.4, -0.2) is 30.9 Å². The minimum Gasteiger partial charge on any atom is -0.448 e. The summed E-state index contributed by atoms with van der Waals surface area (Å²) < 4.78 is 36.1. The number of hydrogen-bond acceptors (Lipinski definition) is 1. The number of rotatable bonds is 2. The Morgan fingerprint density at radius 3 is 2.25 bits per heavy atom. The van der Waals surface area contributed by atoms with Crippen molar-refractivity contribution >= 4 is 6.98 Å². The molecule has 1 nitrogen and oxygen atoms in total. The van der Waals surface area contributed by atoms with Crippen molar-refractivity contribution in [3.63, 3.8) is 0 Å². The standard InChI is InChI=1S/C7H14BF3N/c1-6-3-4-12(7(6)2)5-8(9,10)11/h6-7H,3-5H2,1-2H3/q-1. The average Bonchev–Trinajstić information content (AvgIpc) is 2.16. The summed E-state index contributed by atoms with van der Waals surface area (Å²) in [4.78, 5) is 1.53. The van der Waals surface area contributed by atoms with Crippen LogP contribution in [0.3, 0.4) is 0 Å². The number of likely N-dealkylation sites (tertiary alicyclic amines) is 1. The van der Waals surface area contributed by atoms with E-state index in [2.05, 4.69) is 0 Å². The molecule has 0 aromatic heterocycles. The number of nitrogens with zero attached hydrogens (tertiary/aromatic N) is 1. The summed E-state index contributed by atoms with van der Waals surface area (Å²) in [7, 11) is 0. The molecule has 1 fully saturated rings. The maximum absolute atomic E-state index is 12.0. The molecule has 1 rings (SSSR count). The molecule has 1 heterocycles. The lowest BCUT2D eigenvalue weighted by molar-refractivity contribution is 0.254. The minimum atomic E-state index is -4.64. The van der Waals surface area contributed by atoms with Gasteiger partial charge in [0.15, 0.2) is 0 Å². The van der Waals surface area contributed by atoms with Crippen LogP contribution in [0.15, 0.2) is 0 Å². The van der Waals surface area contributed by atoms with Crippen molar-refractivity contribution in [2.45, 2.75) is 26.3 Å². The van der Waals surface area contributed by atoms with Crippen LogP contribution in [0.5, 0.6) is 0 Å². The molecular formula is C7H14BF3N-. The molecule has 72 valence electrons. The van der Waals surface area contributed by atoms with Crippen LogP contribution in [-0.2, 0) is 0 Å². The summed E-state index contributed by atoms with van der Waals surface area (Å²) in [5.41, 5.74) is 0. The van der Waals surface area contributed by atoms with Crippen molar-refractivity contribution in [1.82, 2.24) is 4.90 Å². The Morgan fingerprint density at radius 1 is 1.33 bits per heavy atom. The minimum absolute atomic E-state index is 0.0912. The van der Waals surface area contributed by atoms with Gasteiger partial charge in [-0.1, -0.05) is 6.92 Å². The SMILES string of the molecule is CC1CCN(C[B-](F)(F)F)C1C. The molecule has 5 heteroatoms. The summed E-state index contributed by atoms with van der Waals surface area (Å²) in [5, 5.41) is 0. The highest BCUT2D eigenvalue weighted by molar-refractivity contribution is 6.58. The highest BCUT2D eigenvalue weighted by atomic mass is 19.4. The molecule has 0 saturated carbocycles. The lowest BCUT2D eigenvalue weighted by Gasteiger charge is -2.28. The van der Waals surface area contributed by atoms with E-state index >= 15 is 0 Å². The van der Waals surface area contributed by atoms with E-state index < -0.39 is 13.4 Å². The largest absolute Gasteiger partial charge is 0.492 e. The third-order valence-electron chi connectivity index (χ3n) is 2.71. The number of hydrogen-bond donors (Lipinski definition) is 0. The number of halogens is 3. The van der Waals surface area contributed by atoms with Gasteiger partial charge >= 0.3 is 6.98 Å². The van der Waals surface area contributed by atoms with E-state index in [-0.39, 0.29) is 6.04 Å². The molecule has 1 aliphatic rings. The third-order valence-corrected chi connectivity index (χ3v) is 2.71. The molecule has 0 bridgehead atoms. The Labute approximate surface area is 71.0 Å². The molecule has 0 amide bonds. The Kier molecular flexibility index (Phi) is 2.71. The van der Waals surface area contributed by atoms with Gasteiger partial charge in [-0.3, -0.25) is 0 Å². The quantitative estimate of drug-likeness (QED) is 0.588. The normalized spacial score (nSPS) is 32.8. The maximum atomic E-state index is 12.0. The van der Waals surface area contributed by atoms with Crippen LogP contribution < -0.4 is 0 Å². The van der Waals surface area contributed by atoms with E-state index in [4.69, 9.17) is 0 Å². The molecule has 0 aliphatic carbocycles. The summed E-state index contributed by atoms with van der Waals surface area (Å²) in [6.45, 7) is -0.156. The fraction of sp³-hybridized carbons (Fsp3) is 1.00. The first-order chi connectivity index (χ1) is 5.40. The molecule has 2 atom stereocenters. The Morgan fingerprint density at radius 2 is 1.92 bits per heavy atom. The molecule has 0 N–H and O–H groups in total. The van der Waals surface area contributed by atoms with Crippen molar-refractivity contribution in [2.24, 2.45) is 5.92 Å². The summed E-state index contributed by atoms with van der Waals surface area (Å²) >= 11 is 0. The van der Waals surface area contributed by atoms with Crippen LogP contribution in [0, 0.1) is 5.92 Å². The first-order valence-electron chi connectivity index (χ1n) is 4.35. The Balaban J connectivity index is 2.44. The molecule has 1 saturated heterocycles. The molecular weight excluding hydrogens is 166 g/mol. The Bertz CT molecular complexity index is 159. The van der Waals surface area contributed by atoms with Gasteiger partial charge in [0, 0.05) is 6.04 Å². The average molecular weight is 180 g/mol. The van der Waals surface area contributed by atoms with E-state index in [0.29, 0.717) is 12.5 Å². The topological polar surface area (TPSA) is 3.24 Å². The van der Waals surface area contributed by atoms with E-state index in [1.165, 1.54) is 4.90 Å². The lowest BCUT2D eigenvalue weighted by Crippen LogP contribution is -2.40. The van der Waals surface area contributed by atoms with Gasteiger partial charge in [0.2, 0.25) is 0 Å². The molecule has 1 aliphatic heterocycles. The van der Waals surface area contributed by atoms with Crippen molar-refractivity contribution in [1.29, 1.82) is 0 Å². The van der Waals surface area contributed by atoms with Gasteiger partial charge in [-0.25, -0.2) is 0 Å². The van der Waals surface area contributed by atoms with Crippen molar-refractivity contribution in [3.05, 3.63) is 0 Å². The smallest absolute Gasteiger partial charge is 0.448 e. The second-order valence-corrected chi connectivity index (χ2v) is 3.71. The zero-order valence-electron chi connectivity index (χ0n) is 7.43. The van der Waals surface area contributed by atoms with Crippen molar-refractivity contribution in [3.8, 4) is 0 Å². The van der Waals surface area contributed by atoms with Gasteiger partial charge in [-0.2, -0.15) is 0 Å². The monoisotopic (exact) mass is 180 g/mol. The molecule has 12 heavy (non-hydrogen) atoms. The lowest BCUT2D eigenvalue weighted by atomic mass is 9.90. The molecule has 2 unspecified atom stereocenters. The van der Waals surface area contributed by atoms with Gasteiger partial charge in [-0.15, -0.1) is 0 Å². The molecule has 0 aromatic rings. The first kappa shape index (κ1) is 9.90. The van der Waals surface area contributed by atoms with Crippen LogP contribution >= 0.6 is 0 Å². The highest BCUT2D eigenvalue weighted by Gasteiger charge is 2.33. The fourth-order valence-electron chi connectivity index (χ4n) is 1.70. The predicted molar refractivity (Wildman–Crippen MR) is 43.9 cm³/mol. The van der Waals surface area contributed by atoms with Gasteiger partial charge in [-0.05, 0) is 32.3 Å². The van der Waals surface area contributed by atoms with Gasteiger partial charge < -0.3 is 17.8 Å². The summed E-state index contributed by atoms with van der Waals surface area (Å²) in [6, 6.07) is 0.0912. The highest BCUT2D eigenvalue weighted by Crippen LogP contribution is 2.25. The third kappa shape index (κ3) is 2.40.